The second-order valence-corrected chi connectivity index (χ2v) is 6.69. The molecule has 1 atom stereocenters. The molecule has 0 saturated heterocycles. The van der Waals surface area contributed by atoms with Crippen molar-refractivity contribution in [3.8, 4) is 0 Å². The zero-order valence-electron chi connectivity index (χ0n) is 12.8. The summed E-state index contributed by atoms with van der Waals surface area (Å²) in [5, 5.41) is 7.64. The summed E-state index contributed by atoms with van der Waals surface area (Å²) in [7, 11) is 0. The normalized spacial score (nSPS) is 13.0. The number of aromatic nitrogens is 1. The van der Waals surface area contributed by atoms with Gasteiger partial charge in [0.05, 0.1) is 16.3 Å². The fraction of sp³-hybridized carbons (Fsp3) is 0.333. The van der Waals surface area contributed by atoms with E-state index in [2.05, 4.69) is 15.6 Å². The van der Waals surface area contributed by atoms with Gasteiger partial charge in [-0.1, -0.05) is 25.4 Å². The van der Waals surface area contributed by atoms with Gasteiger partial charge in [0.15, 0.2) is 5.13 Å². The van der Waals surface area contributed by atoms with Crippen LogP contribution in [-0.2, 0) is 11.0 Å². The fourth-order valence-corrected chi connectivity index (χ4v) is 2.75. The lowest BCUT2D eigenvalue weighted by molar-refractivity contribution is -0.137. The molecule has 9 heteroatoms. The predicted molar refractivity (Wildman–Crippen MR) is 89.4 cm³/mol. The van der Waals surface area contributed by atoms with Gasteiger partial charge >= 0.3 is 6.18 Å². The molecule has 1 aromatic heterocycles. The molecule has 1 heterocycles. The molecule has 0 spiro atoms. The number of nitrogens with zero attached hydrogens (tertiary/aromatic N) is 1. The van der Waals surface area contributed by atoms with Crippen molar-refractivity contribution < 1.29 is 18.0 Å². The molecule has 0 bridgehead atoms. The second-order valence-electron chi connectivity index (χ2n) is 5.38. The molecule has 0 unspecified atom stereocenters. The Morgan fingerprint density at radius 1 is 1.33 bits per heavy atom. The second kappa shape index (κ2) is 7.40. The monoisotopic (exact) mass is 377 g/mol. The average Bonchev–Trinajstić information content (AvgIpc) is 2.97. The van der Waals surface area contributed by atoms with Crippen LogP contribution in [0.3, 0.4) is 0 Å². The van der Waals surface area contributed by atoms with Gasteiger partial charge in [0.25, 0.3) is 0 Å². The molecule has 1 amide bonds. The Morgan fingerprint density at radius 3 is 2.54 bits per heavy atom. The Hall–Kier alpha value is -1.80. The highest BCUT2D eigenvalue weighted by atomic mass is 35.5. The molecule has 24 heavy (non-hydrogen) atoms. The zero-order chi connectivity index (χ0) is 17.9. The molecule has 0 aliphatic carbocycles. The van der Waals surface area contributed by atoms with E-state index in [0.29, 0.717) is 5.13 Å². The maximum Gasteiger partial charge on any atom is 0.416 e. The maximum atomic E-state index is 12.7. The van der Waals surface area contributed by atoms with Crippen molar-refractivity contribution >= 4 is 39.7 Å². The first kappa shape index (κ1) is 18.5. The smallest absolute Gasteiger partial charge is 0.372 e. The molecule has 1 aromatic carbocycles. The van der Waals surface area contributed by atoms with E-state index < -0.39 is 17.8 Å². The van der Waals surface area contributed by atoms with Gasteiger partial charge in [-0.3, -0.25) is 4.79 Å². The molecular formula is C15H15ClF3N3OS. The number of anilines is 2. The van der Waals surface area contributed by atoms with E-state index in [1.165, 1.54) is 17.4 Å². The third kappa shape index (κ3) is 4.61. The first-order valence-electron chi connectivity index (χ1n) is 7.02. The first-order chi connectivity index (χ1) is 11.2. The molecule has 2 aromatic rings. The van der Waals surface area contributed by atoms with Crippen molar-refractivity contribution in [1.29, 1.82) is 0 Å². The van der Waals surface area contributed by atoms with Crippen LogP contribution in [0.15, 0.2) is 29.8 Å². The summed E-state index contributed by atoms with van der Waals surface area (Å²) in [6, 6.07) is 2.30. The molecule has 2 rings (SSSR count). The van der Waals surface area contributed by atoms with E-state index in [1.54, 1.807) is 11.6 Å². The van der Waals surface area contributed by atoms with Crippen molar-refractivity contribution in [3.63, 3.8) is 0 Å². The van der Waals surface area contributed by atoms with Crippen molar-refractivity contribution in [2.24, 2.45) is 5.92 Å². The lowest BCUT2D eigenvalue weighted by Crippen LogP contribution is -2.39. The minimum Gasteiger partial charge on any atom is -0.372 e. The number of thiazole rings is 1. The molecule has 4 nitrogen and oxygen atoms in total. The van der Waals surface area contributed by atoms with Gasteiger partial charge in [0.1, 0.15) is 6.04 Å². The largest absolute Gasteiger partial charge is 0.416 e. The van der Waals surface area contributed by atoms with E-state index in [9.17, 15) is 18.0 Å². The molecule has 130 valence electrons. The van der Waals surface area contributed by atoms with Crippen molar-refractivity contribution in [1.82, 2.24) is 4.98 Å². The van der Waals surface area contributed by atoms with E-state index >= 15 is 0 Å². The third-order valence-electron chi connectivity index (χ3n) is 3.22. The van der Waals surface area contributed by atoms with Crippen LogP contribution in [0.5, 0.6) is 0 Å². The Kier molecular flexibility index (Phi) is 5.71. The average molecular weight is 378 g/mol. The fourth-order valence-electron chi connectivity index (χ4n) is 1.98. The molecule has 0 fully saturated rings. The van der Waals surface area contributed by atoms with E-state index in [0.717, 1.165) is 12.1 Å². The Balaban J connectivity index is 2.17. The minimum atomic E-state index is -4.47. The van der Waals surface area contributed by atoms with Crippen LogP contribution in [0.2, 0.25) is 5.02 Å². The van der Waals surface area contributed by atoms with Crippen LogP contribution < -0.4 is 10.6 Å². The van der Waals surface area contributed by atoms with Gasteiger partial charge in [-0.2, -0.15) is 13.2 Å². The maximum absolute atomic E-state index is 12.7. The lowest BCUT2D eigenvalue weighted by Gasteiger charge is -2.23. The van der Waals surface area contributed by atoms with Gasteiger partial charge in [0.2, 0.25) is 5.91 Å². The number of halogens is 4. The number of carbonyl (C=O) groups is 1. The number of hydrogen-bond donors (Lipinski definition) is 2. The van der Waals surface area contributed by atoms with Crippen molar-refractivity contribution in [2.45, 2.75) is 26.1 Å². The van der Waals surface area contributed by atoms with Crippen LogP contribution in [0.1, 0.15) is 19.4 Å². The molecule has 0 aliphatic rings. The number of alkyl halides is 3. The van der Waals surface area contributed by atoms with E-state index in [1.807, 2.05) is 13.8 Å². The summed E-state index contributed by atoms with van der Waals surface area (Å²) in [6.45, 7) is 3.63. The van der Waals surface area contributed by atoms with Crippen LogP contribution in [0, 0.1) is 5.92 Å². The SMILES string of the molecule is CC(C)[C@H](Nc1ccc(C(F)(F)F)cc1Cl)C(=O)Nc1nccs1. The Morgan fingerprint density at radius 2 is 2.04 bits per heavy atom. The quantitative estimate of drug-likeness (QED) is 0.780. The van der Waals surface area contributed by atoms with Gasteiger partial charge < -0.3 is 10.6 Å². The van der Waals surface area contributed by atoms with Crippen LogP contribution in [0.25, 0.3) is 0 Å². The Bertz CT molecular complexity index is 704. The highest BCUT2D eigenvalue weighted by molar-refractivity contribution is 7.13. The number of nitrogens with one attached hydrogen (secondary N) is 2. The first-order valence-corrected chi connectivity index (χ1v) is 8.28. The predicted octanol–water partition coefficient (Wildman–Crippen LogP) is 4.89. The topological polar surface area (TPSA) is 54.0 Å². The van der Waals surface area contributed by atoms with E-state index in [-0.39, 0.29) is 22.5 Å². The number of carbonyl (C=O) groups excluding carboxylic acids is 1. The lowest BCUT2D eigenvalue weighted by atomic mass is 10.0. The Labute approximate surface area is 146 Å². The van der Waals surface area contributed by atoms with Crippen molar-refractivity contribution in [3.05, 3.63) is 40.4 Å². The van der Waals surface area contributed by atoms with Gasteiger partial charge in [-0.15, -0.1) is 11.3 Å². The van der Waals surface area contributed by atoms with E-state index in [4.69, 9.17) is 11.6 Å². The molecule has 2 N–H and O–H groups in total. The van der Waals surface area contributed by atoms with Crippen LogP contribution in [0.4, 0.5) is 24.0 Å². The van der Waals surface area contributed by atoms with Crippen LogP contribution in [-0.4, -0.2) is 16.9 Å². The summed E-state index contributed by atoms with van der Waals surface area (Å²) < 4.78 is 38.0. The number of amides is 1. The zero-order valence-corrected chi connectivity index (χ0v) is 14.4. The number of rotatable bonds is 5. The summed E-state index contributed by atoms with van der Waals surface area (Å²) in [5.41, 5.74) is -0.580. The van der Waals surface area contributed by atoms with Gasteiger partial charge in [0, 0.05) is 11.6 Å². The molecule has 0 aliphatic heterocycles. The van der Waals surface area contributed by atoms with Gasteiger partial charge in [-0.25, -0.2) is 4.98 Å². The minimum absolute atomic E-state index is 0.0995. The van der Waals surface area contributed by atoms with Crippen molar-refractivity contribution in [2.75, 3.05) is 10.6 Å². The summed E-state index contributed by atoms with van der Waals surface area (Å²) >= 11 is 7.20. The van der Waals surface area contributed by atoms with Gasteiger partial charge in [-0.05, 0) is 24.1 Å². The summed E-state index contributed by atoms with van der Waals surface area (Å²) in [4.78, 5) is 16.3. The highest BCUT2D eigenvalue weighted by Crippen LogP contribution is 2.34. The standard InChI is InChI=1S/C15H15ClF3N3OS/c1-8(2)12(13(23)22-14-20-5-6-24-14)21-11-4-3-9(7-10(11)16)15(17,18)19/h3-8,12,21H,1-2H3,(H,20,22,23)/t12-/m0/s1. The summed E-state index contributed by atoms with van der Waals surface area (Å²) in [5.74, 6) is -0.459. The highest BCUT2D eigenvalue weighted by Gasteiger charge is 2.31. The molecule has 0 radical (unpaired) electrons. The third-order valence-corrected chi connectivity index (χ3v) is 4.22. The number of benzene rings is 1. The molecular weight excluding hydrogens is 363 g/mol. The van der Waals surface area contributed by atoms with Crippen LogP contribution >= 0.6 is 22.9 Å². The summed E-state index contributed by atoms with van der Waals surface area (Å²) in [6.07, 6.45) is -2.91. The number of hydrogen-bond acceptors (Lipinski definition) is 4. The molecule has 0 saturated carbocycles.